The Morgan fingerprint density at radius 2 is 1.70 bits per heavy atom. The number of carbonyl (C=O) groups excluding carboxylic acids is 1. The van der Waals surface area contributed by atoms with Crippen LogP contribution in [0.3, 0.4) is 0 Å². The van der Waals surface area contributed by atoms with E-state index < -0.39 is 0 Å². The predicted octanol–water partition coefficient (Wildman–Crippen LogP) is 4.63. The van der Waals surface area contributed by atoms with Gasteiger partial charge >= 0.3 is 0 Å². The molecule has 0 aliphatic carbocycles. The van der Waals surface area contributed by atoms with Gasteiger partial charge in [0.1, 0.15) is 5.82 Å². The number of hydrogen-bond acceptors (Lipinski definition) is 2. The fourth-order valence-corrected chi connectivity index (χ4v) is 4.34. The number of carbonyl (C=O) groups is 1. The highest BCUT2D eigenvalue weighted by Crippen LogP contribution is 2.23. The Balaban J connectivity index is 1.39. The Labute approximate surface area is 177 Å². The zero-order chi connectivity index (χ0) is 21.1. The predicted molar refractivity (Wildman–Crippen MR) is 117 cm³/mol. The maximum atomic E-state index is 14.3. The SMILES string of the molecule is Cc1cc(C(=O)NC2CCN(Cc3ccccc3)CC2)c(C)n1-c1ccccc1F. The first-order valence-corrected chi connectivity index (χ1v) is 10.5. The van der Waals surface area contributed by atoms with E-state index in [1.807, 2.05) is 30.5 Å². The van der Waals surface area contributed by atoms with Crippen molar-refractivity contribution in [3.05, 3.63) is 89.0 Å². The summed E-state index contributed by atoms with van der Waals surface area (Å²) in [5, 5.41) is 3.19. The lowest BCUT2D eigenvalue weighted by molar-refractivity contribution is 0.0908. The molecule has 0 spiro atoms. The second kappa shape index (κ2) is 8.84. The van der Waals surface area contributed by atoms with Crippen molar-refractivity contribution in [2.75, 3.05) is 13.1 Å². The molecule has 3 aromatic rings. The number of nitrogens with zero attached hydrogens (tertiary/aromatic N) is 2. The Morgan fingerprint density at radius 1 is 1.03 bits per heavy atom. The van der Waals surface area contributed by atoms with Crippen molar-refractivity contribution in [2.45, 2.75) is 39.3 Å². The quantitative estimate of drug-likeness (QED) is 0.672. The Bertz CT molecular complexity index is 1020. The number of rotatable bonds is 5. The summed E-state index contributed by atoms with van der Waals surface area (Å²) in [6.07, 6.45) is 1.87. The van der Waals surface area contributed by atoms with Crippen molar-refractivity contribution in [2.24, 2.45) is 0 Å². The topological polar surface area (TPSA) is 37.3 Å². The lowest BCUT2D eigenvalue weighted by Crippen LogP contribution is -2.44. The van der Waals surface area contributed by atoms with E-state index in [0.29, 0.717) is 11.3 Å². The lowest BCUT2D eigenvalue weighted by atomic mass is 10.0. The van der Waals surface area contributed by atoms with Crippen LogP contribution in [0.1, 0.15) is 40.2 Å². The van der Waals surface area contributed by atoms with Crippen LogP contribution in [0, 0.1) is 19.7 Å². The molecule has 1 amide bonds. The monoisotopic (exact) mass is 405 g/mol. The Kier molecular flexibility index (Phi) is 6.00. The summed E-state index contributed by atoms with van der Waals surface area (Å²) in [6.45, 7) is 6.66. The van der Waals surface area contributed by atoms with Crippen molar-refractivity contribution in [3.8, 4) is 5.69 Å². The minimum Gasteiger partial charge on any atom is -0.349 e. The van der Waals surface area contributed by atoms with Crippen LogP contribution in [0.2, 0.25) is 0 Å². The zero-order valence-corrected chi connectivity index (χ0v) is 17.6. The van der Waals surface area contributed by atoms with Gasteiger partial charge in [-0.1, -0.05) is 42.5 Å². The summed E-state index contributed by atoms with van der Waals surface area (Å²) in [6, 6.07) is 19.2. The number of piperidine rings is 1. The molecule has 5 heteroatoms. The van der Waals surface area contributed by atoms with Crippen molar-refractivity contribution in [3.63, 3.8) is 0 Å². The molecule has 0 atom stereocenters. The molecule has 30 heavy (non-hydrogen) atoms. The molecular weight excluding hydrogens is 377 g/mol. The van der Waals surface area contributed by atoms with E-state index >= 15 is 0 Å². The summed E-state index contributed by atoms with van der Waals surface area (Å²) >= 11 is 0. The smallest absolute Gasteiger partial charge is 0.253 e. The first-order chi connectivity index (χ1) is 14.5. The van der Waals surface area contributed by atoms with Gasteiger partial charge in [0.25, 0.3) is 5.91 Å². The van der Waals surface area contributed by atoms with Crippen LogP contribution in [0.25, 0.3) is 5.69 Å². The largest absolute Gasteiger partial charge is 0.349 e. The second-order valence-corrected chi connectivity index (χ2v) is 8.08. The maximum Gasteiger partial charge on any atom is 0.253 e. The summed E-state index contributed by atoms with van der Waals surface area (Å²) in [5.41, 5.74) is 4.01. The summed E-state index contributed by atoms with van der Waals surface area (Å²) in [4.78, 5) is 15.4. The van der Waals surface area contributed by atoms with Gasteiger partial charge in [-0.05, 0) is 50.5 Å². The van der Waals surface area contributed by atoms with E-state index in [0.717, 1.165) is 43.9 Å². The van der Waals surface area contributed by atoms with Gasteiger partial charge in [0, 0.05) is 37.1 Å². The lowest BCUT2D eigenvalue weighted by Gasteiger charge is -2.32. The van der Waals surface area contributed by atoms with Crippen LogP contribution in [0.15, 0.2) is 60.7 Å². The van der Waals surface area contributed by atoms with E-state index in [1.54, 1.807) is 18.2 Å². The van der Waals surface area contributed by atoms with Crippen molar-refractivity contribution < 1.29 is 9.18 Å². The van der Waals surface area contributed by atoms with Crippen LogP contribution in [-0.2, 0) is 6.54 Å². The summed E-state index contributed by atoms with van der Waals surface area (Å²) in [7, 11) is 0. The summed E-state index contributed by atoms with van der Waals surface area (Å²) < 4.78 is 16.1. The van der Waals surface area contributed by atoms with Gasteiger partial charge in [-0.25, -0.2) is 4.39 Å². The van der Waals surface area contributed by atoms with Crippen LogP contribution in [-0.4, -0.2) is 34.5 Å². The number of halogens is 1. The number of aryl methyl sites for hydroxylation is 1. The van der Waals surface area contributed by atoms with Crippen LogP contribution < -0.4 is 5.32 Å². The molecule has 1 saturated heterocycles. The van der Waals surface area contributed by atoms with Crippen LogP contribution in [0.5, 0.6) is 0 Å². The fourth-order valence-electron chi connectivity index (χ4n) is 4.34. The summed E-state index contributed by atoms with van der Waals surface area (Å²) in [5.74, 6) is -0.371. The third kappa shape index (κ3) is 4.31. The molecule has 0 unspecified atom stereocenters. The Morgan fingerprint density at radius 3 is 2.40 bits per heavy atom. The number of nitrogens with one attached hydrogen (secondary N) is 1. The molecule has 1 N–H and O–H groups in total. The minimum absolute atomic E-state index is 0.0767. The van der Waals surface area contributed by atoms with Crippen LogP contribution >= 0.6 is 0 Å². The average molecular weight is 406 g/mol. The number of hydrogen-bond donors (Lipinski definition) is 1. The fraction of sp³-hybridized carbons (Fsp3) is 0.320. The first-order valence-electron chi connectivity index (χ1n) is 10.5. The normalized spacial score (nSPS) is 15.3. The maximum absolute atomic E-state index is 14.3. The molecule has 1 aliphatic heterocycles. The number of amides is 1. The highest BCUT2D eigenvalue weighted by atomic mass is 19.1. The van der Waals surface area contributed by atoms with E-state index in [2.05, 4.69) is 34.5 Å². The third-order valence-electron chi connectivity index (χ3n) is 5.94. The van der Waals surface area contributed by atoms with Gasteiger partial charge in [0.2, 0.25) is 0 Å². The number of aromatic nitrogens is 1. The van der Waals surface area contributed by atoms with E-state index in [4.69, 9.17) is 0 Å². The molecular formula is C25H28FN3O. The van der Waals surface area contributed by atoms with Gasteiger partial charge in [-0.15, -0.1) is 0 Å². The number of benzene rings is 2. The van der Waals surface area contributed by atoms with Crippen molar-refractivity contribution in [1.29, 1.82) is 0 Å². The molecule has 0 radical (unpaired) electrons. The zero-order valence-electron chi connectivity index (χ0n) is 17.6. The molecule has 2 heterocycles. The highest BCUT2D eigenvalue weighted by Gasteiger charge is 2.24. The second-order valence-electron chi connectivity index (χ2n) is 8.08. The molecule has 156 valence electrons. The van der Waals surface area contributed by atoms with Gasteiger partial charge in [0.15, 0.2) is 0 Å². The minimum atomic E-state index is -0.294. The molecule has 1 aliphatic rings. The molecule has 4 rings (SSSR count). The van der Waals surface area contributed by atoms with Crippen molar-refractivity contribution >= 4 is 5.91 Å². The van der Waals surface area contributed by atoms with Gasteiger partial charge in [-0.2, -0.15) is 0 Å². The number of para-hydroxylation sites is 1. The van der Waals surface area contributed by atoms with E-state index in [9.17, 15) is 9.18 Å². The molecule has 0 saturated carbocycles. The van der Waals surface area contributed by atoms with E-state index in [-0.39, 0.29) is 17.8 Å². The third-order valence-corrected chi connectivity index (χ3v) is 5.94. The Hall–Kier alpha value is -2.92. The molecule has 0 bridgehead atoms. The van der Waals surface area contributed by atoms with E-state index in [1.165, 1.54) is 11.6 Å². The van der Waals surface area contributed by atoms with Gasteiger partial charge < -0.3 is 9.88 Å². The molecule has 4 nitrogen and oxygen atoms in total. The van der Waals surface area contributed by atoms with Crippen molar-refractivity contribution in [1.82, 2.24) is 14.8 Å². The molecule has 1 aromatic heterocycles. The standard InChI is InChI=1S/C25H28FN3O/c1-18-16-22(19(2)29(18)24-11-7-6-10-23(24)26)25(30)27-21-12-14-28(15-13-21)17-20-8-4-3-5-9-20/h3-11,16,21H,12-15,17H2,1-2H3,(H,27,30). The van der Waals surface area contributed by atoms with Gasteiger partial charge in [0.05, 0.1) is 11.3 Å². The highest BCUT2D eigenvalue weighted by molar-refractivity contribution is 5.96. The van der Waals surface area contributed by atoms with Crippen LogP contribution in [0.4, 0.5) is 4.39 Å². The first kappa shape index (κ1) is 20.4. The van der Waals surface area contributed by atoms with Gasteiger partial charge in [-0.3, -0.25) is 9.69 Å². The molecule has 1 fully saturated rings. The number of likely N-dealkylation sites (tertiary alicyclic amines) is 1. The average Bonchev–Trinajstić information content (AvgIpc) is 3.05. The molecule has 2 aromatic carbocycles.